The van der Waals surface area contributed by atoms with Crippen LogP contribution in [0.5, 0.6) is 0 Å². The van der Waals surface area contributed by atoms with Crippen LogP contribution in [0.1, 0.15) is 16.3 Å². The average Bonchev–Trinajstić information content (AvgIpc) is 2.86. The Labute approximate surface area is 117 Å². The van der Waals surface area contributed by atoms with Gasteiger partial charge in [0.2, 0.25) is 5.76 Å². The molecule has 1 aromatic heterocycles. The summed E-state index contributed by atoms with van der Waals surface area (Å²) in [5, 5.41) is 11.7. The van der Waals surface area contributed by atoms with Gasteiger partial charge in [0.1, 0.15) is 5.76 Å². The first-order valence-electron chi connectivity index (χ1n) is 5.65. The maximum absolute atomic E-state index is 12.1. The molecule has 0 saturated carbocycles. The molecule has 1 aromatic carbocycles. The van der Waals surface area contributed by atoms with Crippen molar-refractivity contribution in [3.05, 3.63) is 47.9 Å². The van der Waals surface area contributed by atoms with Crippen molar-refractivity contribution in [3.8, 4) is 0 Å². The van der Waals surface area contributed by atoms with Crippen molar-refractivity contribution in [1.82, 2.24) is 0 Å². The largest absolute Gasteiger partial charge is 0.475 e. The number of carbonyl (C=O) groups is 1. The standard InChI is InChI=1S/C13H11F2NO3S/c14-13(15)20-10-4-1-8(2-5-10)16-7-9-3-6-11(19-9)12(17)18/h1-6,13,16H,7H2,(H,17,18). The Morgan fingerprint density at radius 2 is 1.95 bits per heavy atom. The van der Waals surface area contributed by atoms with Gasteiger partial charge in [-0.05, 0) is 36.4 Å². The molecule has 0 aliphatic heterocycles. The van der Waals surface area contributed by atoms with Gasteiger partial charge in [-0.25, -0.2) is 4.79 Å². The van der Waals surface area contributed by atoms with E-state index >= 15 is 0 Å². The van der Waals surface area contributed by atoms with E-state index in [1.165, 1.54) is 6.07 Å². The Kier molecular flexibility index (Phi) is 4.62. The van der Waals surface area contributed by atoms with E-state index in [0.29, 0.717) is 29.0 Å². The van der Waals surface area contributed by atoms with E-state index in [1.807, 2.05) is 0 Å². The van der Waals surface area contributed by atoms with Gasteiger partial charge in [0.05, 0.1) is 6.54 Å². The highest BCUT2D eigenvalue weighted by Gasteiger charge is 2.08. The van der Waals surface area contributed by atoms with Crippen LogP contribution in [0, 0.1) is 0 Å². The van der Waals surface area contributed by atoms with Gasteiger partial charge in [-0.2, -0.15) is 8.78 Å². The maximum atomic E-state index is 12.1. The van der Waals surface area contributed by atoms with Crippen molar-refractivity contribution in [2.75, 3.05) is 5.32 Å². The first-order valence-corrected chi connectivity index (χ1v) is 6.53. The van der Waals surface area contributed by atoms with Crippen molar-refractivity contribution in [2.24, 2.45) is 0 Å². The number of alkyl halides is 2. The molecule has 0 unspecified atom stereocenters. The Morgan fingerprint density at radius 1 is 1.25 bits per heavy atom. The normalized spacial score (nSPS) is 10.8. The molecule has 0 aliphatic rings. The Hall–Kier alpha value is -2.02. The highest BCUT2D eigenvalue weighted by molar-refractivity contribution is 7.99. The van der Waals surface area contributed by atoms with E-state index in [2.05, 4.69) is 5.32 Å². The zero-order valence-electron chi connectivity index (χ0n) is 10.2. The smallest absolute Gasteiger partial charge is 0.371 e. The molecule has 0 saturated heterocycles. The molecule has 2 rings (SSSR count). The number of furan rings is 1. The van der Waals surface area contributed by atoms with Gasteiger partial charge in [-0.3, -0.25) is 0 Å². The first-order chi connectivity index (χ1) is 9.54. The van der Waals surface area contributed by atoms with Crippen LogP contribution >= 0.6 is 11.8 Å². The van der Waals surface area contributed by atoms with E-state index in [4.69, 9.17) is 9.52 Å². The van der Waals surface area contributed by atoms with Crippen molar-refractivity contribution in [1.29, 1.82) is 0 Å². The molecular formula is C13H11F2NO3S. The molecule has 2 aromatic rings. The third-order valence-electron chi connectivity index (χ3n) is 2.42. The van der Waals surface area contributed by atoms with Gasteiger partial charge >= 0.3 is 5.97 Å². The molecule has 106 valence electrons. The minimum absolute atomic E-state index is 0.120. The van der Waals surface area contributed by atoms with Gasteiger partial charge in [0, 0.05) is 10.6 Å². The van der Waals surface area contributed by atoms with Crippen LogP contribution in [-0.4, -0.2) is 16.8 Å². The summed E-state index contributed by atoms with van der Waals surface area (Å²) in [6, 6.07) is 9.46. The lowest BCUT2D eigenvalue weighted by molar-refractivity contribution is 0.0660. The number of carboxylic acid groups (broad SMARTS) is 1. The van der Waals surface area contributed by atoms with Crippen LogP contribution < -0.4 is 5.32 Å². The van der Waals surface area contributed by atoms with Crippen LogP contribution in [0.25, 0.3) is 0 Å². The van der Waals surface area contributed by atoms with Crippen LogP contribution in [-0.2, 0) is 6.54 Å². The summed E-state index contributed by atoms with van der Waals surface area (Å²) in [6.07, 6.45) is 0. The van der Waals surface area contributed by atoms with E-state index < -0.39 is 11.7 Å². The monoisotopic (exact) mass is 299 g/mol. The van der Waals surface area contributed by atoms with Crippen LogP contribution in [0.15, 0.2) is 45.7 Å². The fraction of sp³-hybridized carbons (Fsp3) is 0.154. The summed E-state index contributed by atoms with van der Waals surface area (Å²) in [5.41, 5.74) is 0.733. The average molecular weight is 299 g/mol. The minimum atomic E-state index is -2.44. The molecule has 4 nitrogen and oxygen atoms in total. The molecular weight excluding hydrogens is 288 g/mol. The van der Waals surface area contributed by atoms with Crippen molar-refractivity contribution < 1.29 is 23.1 Å². The van der Waals surface area contributed by atoms with E-state index in [9.17, 15) is 13.6 Å². The number of benzene rings is 1. The predicted molar refractivity (Wildman–Crippen MR) is 71.3 cm³/mol. The Bertz CT molecular complexity index is 584. The van der Waals surface area contributed by atoms with Crippen molar-refractivity contribution >= 4 is 23.4 Å². The molecule has 0 aliphatic carbocycles. The second kappa shape index (κ2) is 6.42. The molecule has 1 heterocycles. The van der Waals surface area contributed by atoms with Gasteiger partial charge in [0.15, 0.2) is 0 Å². The zero-order chi connectivity index (χ0) is 14.5. The number of anilines is 1. The third kappa shape index (κ3) is 3.99. The molecule has 0 radical (unpaired) electrons. The zero-order valence-corrected chi connectivity index (χ0v) is 11.0. The molecule has 0 amide bonds. The quantitative estimate of drug-likeness (QED) is 0.792. The lowest BCUT2D eigenvalue weighted by atomic mass is 10.3. The summed E-state index contributed by atoms with van der Waals surface area (Å²) in [4.78, 5) is 11.1. The van der Waals surface area contributed by atoms with Crippen molar-refractivity contribution in [2.45, 2.75) is 17.2 Å². The fourth-order valence-corrected chi connectivity index (χ4v) is 2.03. The number of nitrogens with one attached hydrogen (secondary N) is 1. The molecule has 0 bridgehead atoms. The molecule has 0 fully saturated rings. The summed E-state index contributed by atoms with van der Waals surface area (Å²) >= 11 is 0.483. The molecule has 2 N–H and O–H groups in total. The SMILES string of the molecule is O=C(O)c1ccc(CNc2ccc(SC(F)F)cc2)o1. The highest BCUT2D eigenvalue weighted by atomic mass is 32.2. The van der Waals surface area contributed by atoms with E-state index in [-0.39, 0.29) is 5.76 Å². The number of halogens is 2. The second-order valence-electron chi connectivity index (χ2n) is 3.83. The van der Waals surface area contributed by atoms with Crippen LogP contribution in [0.3, 0.4) is 0 Å². The Balaban J connectivity index is 1.91. The molecule has 0 atom stereocenters. The summed E-state index contributed by atoms with van der Waals surface area (Å²) in [5.74, 6) is -3.20. The van der Waals surface area contributed by atoms with Gasteiger partial charge in [-0.1, -0.05) is 11.8 Å². The summed E-state index contributed by atoms with van der Waals surface area (Å²) < 4.78 is 29.4. The first kappa shape index (κ1) is 14.4. The lowest BCUT2D eigenvalue weighted by Crippen LogP contribution is -1.98. The molecule has 20 heavy (non-hydrogen) atoms. The number of hydrogen-bond acceptors (Lipinski definition) is 4. The van der Waals surface area contributed by atoms with E-state index in [0.717, 1.165) is 5.69 Å². The van der Waals surface area contributed by atoms with Gasteiger partial charge < -0.3 is 14.8 Å². The van der Waals surface area contributed by atoms with Crippen LogP contribution in [0.2, 0.25) is 0 Å². The number of thioether (sulfide) groups is 1. The topological polar surface area (TPSA) is 62.5 Å². The minimum Gasteiger partial charge on any atom is -0.475 e. The predicted octanol–water partition coefficient (Wildman–Crippen LogP) is 3.90. The fourth-order valence-electron chi connectivity index (χ4n) is 1.53. The number of rotatable bonds is 6. The Morgan fingerprint density at radius 3 is 2.50 bits per heavy atom. The van der Waals surface area contributed by atoms with Crippen LogP contribution in [0.4, 0.5) is 14.5 Å². The highest BCUT2D eigenvalue weighted by Crippen LogP contribution is 2.26. The van der Waals surface area contributed by atoms with Gasteiger partial charge in [0.25, 0.3) is 5.76 Å². The van der Waals surface area contributed by atoms with E-state index in [1.54, 1.807) is 30.3 Å². The maximum Gasteiger partial charge on any atom is 0.371 e. The number of carboxylic acids is 1. The lowest BCUT2D eigenvalue weighted by Gasteiger charge is -2.05. The second-order valence-corrected chi connectivity index (χ2v) is 4.89. The third-order valence-corrected chi connectivity index (χ3v) is 3.14. The number of hydrogen-bond donors (Lipinski definition) is 2. The number of aromatic carboxylic acids is 1. The summed E-state index contributed by atoms with van der Waals surface area (Å²) in [6.45, 7) is 0.314. The molecule has 0 spiro atoms. The summed E-state index contributed by atoms with van der Waals surface area (Å²) in [7, 11) is 0. The van der Waals surface area contributed by atoms with Gasteiger partial charge in [-0.15, -0.1) is 0 Å². The van der Waals surface area contributed by atoms with Crippen molar-refractivity contribution in [3.63, 3.8) is 0 Å². The molecule has 7 heteroatoms.